The highest BCUT2D eigenvalue weighted by molar-refractivity contribution is 5.84. The fraction of sp³-hybridized carbons (Fsp3) is 0.300. The van der Waals surface area contributed by atoms with E-state index < -0.39 is 0 Å². The number of ether oxygens (including phenoxy) is 2. The Balaban J connectivity index is 1.25. The van der Waals surface area contributed by atoms with E-state index in [0.717, 1.165) is 42.9 Å². The summed E-state index contributed by atoms with van der Waals surface area (Å²) < 4.78 is 15.5. The van der Waals surface area contributed by atoms with Gasteiger partial charge in [-0.25, -0.2) is 24.7 Å². The van der Waals surface area contributed by atoms with Gasteiger partial charge in [-0.15, -0.1) is 0 Å². The summed E-state index contributed by atoms with van der Waals surface area (Å²) in [4.78, 5) is 33.1. The van der Waals surface area contributed by atoms with Crippen LogP contribution < -0.4 is 20.9 Å². The van der Waals surface area contributed by atoms with Crippen molar-refractivity contribution in [3.63, 3.8) is 0 Å². The SMILES string of the molecule is Cc1cc(OCc2cnc(C)nc2)cc(Oc2ccc(-n3c(=O)n(C4CCN(C)CC4)c4ncnc(N)c43)cc2)c1. The number of imidazole rings is 1. The van der Waals surface area contributed by atoms with Gasteiger partial charge in [-0.3, -0.25) is 9.13 Å². The lowest BCUT2D eigenvalue weighted by Crippen LogP contribution is -2.35. The molecule has 1 aliphatic rings. The number of benzene rings is 2. The molecular formula is C30H32N8O3. The maximum atomic E-state index is 13.8. The molecule has 0 unspecified atom stereocenters. The van der Waals surface area contributed by atoms with E-state index in [1.54, 1.807) is 21.5 Å². The number of nitrogens with two attached hydrogens (primary N) is 1. The number of aryl methyl sites for hydroxylation is 2. The summed E-state index contributed by atoms with van der Waals surface area (Å²) in [5.41, 5.74) is 9.73. The smallest absolute Gasteiger partial charge is 0.335 e. The zero-order valence-electron chi connectivity index (χ0n) is 23.3. The van der Waals surface area contributed by atoms with Crippen molar-refractivity contribution in [3.8, 4) is 22.9 Å². The molecule has 11 heteroatoms. The molecule has 0 saturated carbocycles. The minimum atomic E-state index is -0.171. The fourth-order valence-corrected chi connectivity index (χ4v) is 5.21. The highest BCUT2D eigenvalue weighted by atomic mass is 16.5. The number of hydrogen-bond donors (Lipinski definition) is 1. The van der Waals surface area contributed by atoms with E-state index in [0.29, 0.717) is 40.7 Å². The second kappa shape index (κ2) is 11.0. The monoisotopic (exact) mass is 552 g/mol. The van der Waals surface area contributed by atoms with Crippen molar-refractivity contribution in [1.29, 1.82) is 0 Å². The van der Waals surface area contributed by atoms with Gasteiger partial charge in [-0.1, -0.05) is 0 Å². The Morgan fingerprint density at radius 1 is 0.927 bits per heavy atom. The van der Waals surface area contributed by atoms with Gasteiger partial charge in [0, 0.05) is 30.1 Å². The Morgan fingerprint density at radius 3 is 2.37 bits per heavy atom. The van der Waals surface area contributed by atoms with Crippen LogP contribution in [0.25, 0.3) is 16.9 Å². The molecule has 0 aliphatic carbocycles. The molecule has 0 amide bonds. The normalized spacial score (nSPS) is 14.4. The van der Waals surface area contributed by atoms with Crippen molar-refractivity contribution in [3.05, 3.63) is 88.6 Å². The summed E-state index contributed by atoms with van der Waals surface area (Å²) in [6, 6.07) is 13.1. The number of piperidine rings is 1. The van der Waals surface area contributed by atoms with Gasteiger partial charge in [0.05, 0.1) is 5.69 Å². The Labute approximate surface area is 237 Å². The third kappa shape index (κ3) is 5.48. The number of likely N-dealkylation sites (tertiary alicyclic amines) is 1. The van der Waals surface area contributed by atoms with E-state index in [-0.39, 0.29) is 17.5 Å². The first kappa shape index (κ1) is 26.5. The Bertz CT molecular complexity index is 1740. The van der Waals surface area contributed by atoms with Crippen LogP contribution in [0.4, 0.5) is 5.82 Å². The molecule has 3 aromatic heterocycles. The van der Waals surface area contributed by atoms with Crippen LogP contribution in [0.5, 0.6) is 17.2 Å². The van der Waals surface area contributed by atoms with Gasteiger partial charge < -0.3 is 20.1 Å². The second-order valence-corrected chi connectivity index (χ2v) is 10.5. The van der Waals surface area contributed by atoms with E-state index in [1.165, 1.54) is 6.33 Å². The largest absolute Gasteiger partial charge is 0.489 e. The summed E-state index contributed by atoms with van der Waals surface area (Å²) >= 11 is 0. The van der Waals surface area contributed by atoms with Crippen LogP contribution in [-0.4, -0.2) is 54.1 Å². The maximum absolute atomic E-state index is 13.8. The minimum Gasteiger partial charge on any atom is -0.489 e. The van der Waals surface area contributed by atoms with Crippen LogP contribution in [0.1, 0.15) is 35.8 Å². The average Bonchev–Trinajstić information content (AvgIpc) is 3.26. The molecule has 6 rings (SSSR count). The Kier molecular flexibility index (Phi) is 7.10. The van der Waals surface area contributed by atoms with Crippen molar-refractivity contribution in [2.24, 2.45) is 0 Å². The van der Waals surface area contributed by atoms with Crippen LogP contribution in [0.15, 0.2) is 66.0 Å². The molecule has 2 N–H and O–H groups in total. The molecule has 4 heterocycles. The van der Waals surface area contributed by atoms with Crippen molar-refractivity contribution >= 4 is 17.0 Å². The minimum absolute atomic E-state index is 0.0515. The lowest BCUT2D eigenvalue weighted by Gasteiger charge is -2.29. The number of anilines is 1. The lowest BCUT2D eigenvalue weighted by atomic mass is 10.1. The number of aromatic nitrogens is 6. The molecule has 1 fully saturated rings. The van der Waals surface area contributed by atoms with Gasteiger partial charge in [0.2, 0.25) is 0 Å². The molecule has 1 aliphatic heterocycles. The second-order valence-electron chi connectivity index (χ2n) is 10.5. The molecule has 0 atom stereocenters. The van der Waals surface area contributed by atoms with Gasteiger partial charge in [-0.05, 0) is 88.8 Å². The van der Waals surface area contributed by atoms with E-state index >= 15 is 0 Å². The molecular weight excluding hydrogens is 520 g/mol. The number of hydrogen-bond acceptors (Lipinski definition) is 9. The highest BCUT2D eigenvalue weighted by Crippen LogP contribution is 2.30. The number of nitrogen functional groups attached to an aromatic ring is 1. The van der Waals surface area contributed by atoms with Gasteiger partial charge in [0.25, 0.3) is 0 Å². The van der Waals surface area contributed by atoms with Crippen LogP contribution in [0, 0.1) is 13.8 Å². The molecule has 210 valence electrons. The third-order valence-electron chi connectivity index (χ3n) is 7.33. The van der Waals surface area contributed by atoms with Crippen LogP contribution >= 0.6 is 0 Å². The van der Waals surface area contributed by atoms with Crippen LogP contribution in [-0.2, 0) is 6.61 Å². The zero-order valence-corrected chi connectivity index (χ0v) is 23.3. The van der Waals surface area contributed by atoms with Crippen LogP contribution in [0.3, 0.4) is 0 Å². The summed E-state index contributed by atoms with van der Waals surface area (Å²) in [5.74, 6) is 2.93. The molecule has 0 bridgehead atoms. The van der Waals surface area contributed by atoms with Crippen molar-refractivity contribution in [1.82, 2.24) is 34.0 Å². The zero-order chi connectivity index (χ0) is 28.5. The molecule has 5 aromatic rings. The van der Waals surface area contributed by atoms with Gasteiger partial charge in [-0.2, -0.15) is 0 Å². The predicted molar refractivity (Wildman–Crippen MR) is 156 cm³/mol. The first-order valence-corrected chi connectivity index (χ1v) is 13.6. The van der Waals surface area contributed by atoms with E-state index in [1.807, 2.05) is 56.3 Å². The molecule has 0 radical (unpaired) electrons. The van der Waals surface area contributed by atoms with Gasteiger partial charge >= 0.3 is 5.69 Å². The average molecular weight is 553 g/mol. The Hall–Kier alpha value is -4.77. The first-order chi connectivity index (χ1) is 19.9. The highest BCUT2D eigenvalue weighted by Gasteiger charge is 2.26. The molecule has 2 aromatic carbocycles. The van der Waals surface area contributed by atoms with Crippen LogP contribution in [0.2, 0.25) is 0 Å². The number of fused-ring (bicyclic) bond motifs is 1. The van der Waals surface area contributed by atoms with Crippen molar-refractivity contribution in [2.45, 2.75) is 39.3 Å². The third-order valence-corrected chi connectivity index (χ3v) is 7.33. The van der Waals surface area contributed by atoms with Gasteiger partial charge in [0.15, 0.2) is 11.5 Å². The predicted octanol–water partition coefficient (Wildman–Crippen LogP) is 4.21. The molecule has 1 saturated heterocycles. The van der Waals surface area contributed by atoms with E-state index in [9.17, 15) is 4.79 Å². The maximum Gasteiger partial charge on any atom is 0.335 e. The number of nitrogens with zero attached hydrogens (tertiary/aromatic N) is 7. The fourth-order valence-electron chi connectivity index (χ4n) is 5.21. The van der Waals surface area contributed by atoms with Gasteiger partial charge in [0.1, 0.15) is 41.5 Å². The quantitative estimate of drug-likeness (QED) is 0.316. The van der Waals surface area contributed by atoms with Crippen molar-refractivity contribution in [2.75, 3.05) is 25.9 Å². The molecule has 0 spiro atoms. The number of rotatable bonds is 7. The molecule has 41 heavy (non-hydrogen) atoms. The molecule has 11 nitrogen and oxygen atoms in total. The topological polar surface area (TPSA) is 126 Å². The standard InChI is InChI=1S/C30H32N8O3/c1-19-12-25(40-17-21-15-32-20(2)33-16-21)14-26(13-19)41-24-6-4-22(5-7-24)37-27-28(31)34-18-35-29(27)38(30(37)39)23-8-10-36(3)11-9-23/h4-7,12-16,18,23H,8-11,17H2,1-3H3,(H2,31,34,35). The summed E-state index contributed by atoms with van der Waals surface area (Å²) in [6.45, 7) is 6.02. The van der Waals surface area contributed by atoms with Crippen molar-refractivity contribution < 1.29 is 9.47 Å². The van der Waals surface area contributed by atoms with E-state index in [2.05, 4.69) is 31.9 Å². The summed E-state index contributed by atoms with van der Waals surface area (Å²) in [7, 11) is 2.09. The van der Waals surface area contributed by atoms with E-state index in [4.69, 9.17) is 15.2 Å². The Morgan fingerprint density at radius 2 is 1.63 bits per heavy atom. The summed E-state index contributed by atoms with van der Waals surface area (Å²) in [5, 5.41) is 0. The lowest BCUT2D eigenvalue weighted by molar-refractivity contribution is 0.221. The summed E-state index contributed by atoms with van der Waals surface area (Å²) in [6.07, 6.45) is 6.67. The first-order valence-electron chi connectivity index (χ1n) is 13.6.